The first kappa shape index (κ1) is 23.9. The molecular weight excluding hydrogens is 406 g/mol. The molecule has 2 aromatic carbocycles. The first-order valence-electron chi connectivity index (χ1n) is 11.3. The first-order chi connectivity index (χ1) is 15.4. The smallest absolute Gasteiger partial charge is 0.417 e. The van der Waals surface area contributed by atoms with Crippen LogP contribution in [0.25, 0.3) is 0 Å². The molecule has 0 aliphatic heterocycles. The number of hydrogen-bond acceptors (Lipinski definition) is 6. The van der Waals surface area contributed by atoms with Crippen LogP contribution in [0.5, 0.6) is 17.2 Å². The van der Waals surface area contributed by atoms with Gasteiger partial charge in [-0.05, 0) is 74.2 Å². The zero-order valence-corrected chi connectivity index (χ0v) is 19.6. The van der Waals surface area contributed by atoms with Crippen LogP contribution in [0.4, 0.5) is 10.5 Å². The molecule has 2 aromatic rings. The number of anilines is 1. The number of carbonyl (C=O) groups is 1. The zero-order valence-electron chi connectivity index (χ0n) is 19.6. The molecule has 3 N–H and O–H groups in total. The standard InChI is InChI=1S/C25H35N3O4/c1-5-13-28(14-6-2)17-25(26)12-11-18-7-9-20(16-21(18)25)32-24(29)27-19-8-10-22(30-3)23(15-19)31-4/h7-10,15-16H,5-6,11-14,17,26H2,1-4H3,(H,27,29). The van der Waals surface area contributed by atoms with Gasteiger partial charge in [0.25, 0.3) is 0 Å². The summed E-state index contributed by atoms with van der Waals surface area (Å²) in [4.78, 5) is 14.9. The number of benzene rings is 2. The second-order valence-corrected chi connectivity index (χ2v) is 8.34. The SMILES string of the molecule is CCCN(CCC)CC1(N)CCc2ccc(OC(=O)Nc3ccc(OC)c(OC)c3)cc21. The van der Waals surface area contributed by atoms with Crippen LogP contribution in [0.3, 0.4) is 0 Å². The Morgan fingerprint density at radius 3 is 2.44 bits per heavy atom. The third-order valence-corrected chi connectivity index (χ3v) is 5.88. The minimum absolute atomic E-state index is 0.432. The number of hydrogen-bond donors (Lipinski definition) is 2. The van der Waals surface area contributed by atoms with Gasteiger partial charge in [-0.3, -0.25) is 5.32 Å². The van der Waals surface area contributed by atoms with E-state index in [1.807, 2.05) is 18.2 Å². The normalized spacial score (nSPS) is 17.2. The van der Waals surface area contributed by atoms with Gasteiger partial charge >= 0.3 is 6.09 Å². The van der Waals surface area contributed by atoms with Crippen LogP contribution in [0, 0.1) is 0 Å². The lowest BCUT2D eigenvalue weighted by molar-refractivity contribution is 0.206. The Kier molecular flexibility index (Phi) is 7.99. The van der Waals surface area contributed by atoms with Gasteiger partial charge in [0.15, 0.2) is 11.5 Å². The maximum Gasteiger partial charge on any atom is 0.417 e. The lowest BCUT2D eigenvalue weighted by Gasteiger charge is -2.33. The highest BCUT2D eigenvalue weighted by Gasteiger charge is 2.36. The molecule has 1 unspecified atom stereocenters. The summed E-state index contributed by atoms with van der Waals surface area (Å²) in [6, 6.07) is 10.9. The third kappa shape index (κ3) is 5.53. The Hall–Kier alpha value is -2.77. The minimum atomic E-state index is -0.573. The Balaban J connectivity index is 1.71. The number of ether oxygens (including phenoxy) is 3. The van der Waals surface area contributed by atoms with Gasteiger partial charge in [-0.2, -0.15) is 0 Å². The highest BCUT2D eigenvalue weighted by Crippen LogP contribution is 2.38. The Morgan fingerprint density at radius 2 is 1.78 bits per heavy atom. The van der Waals surface area contributed by atoms with E-state index in [0.717, 1.165) is 50.9 Å². The first-order valence-corrected chi connectivity index (χ1v) is 11.3. The van der Waals surface area contributed by atoms with Gasteiger partial charge < -0.3 is 24.8 Å². The van der Waals surface area contributed by atoms with Gasteiger partial charge in [0.1, 0.15) is 5.75 Å². The number of amides is 1. The predicted molar refractivity (Wildman–Crippen MR) is 127 cm³/mol. The van der Waals surface area contributed by atoms with E-state index in [-0.39, 0.29) is 0 Å². The molecule has 3 rings (SSSR count). The second kappa shape index (κ2) is 10.7. The van der Waals surface area contributed by atoms with Gasteiger partial charge in [0.05, 0.1) is 19.8 Å². The van der Waals surface area contributed by atoms with Crippen molar-refractivity contribution >= 4 is 11.8 Å². The Bertz CT molecular complexity index is 927. The molecule has 0 fully saturated rings. The van der Waals surface area contributed by atoms with E-state index in [9.17, 15) is 4.79 Å². The summed E-state index contributed by atoms with van der Waals surface area (Å²) >= 11 is 0. The zero-order chi connectivity index (χ0) is 23.1. The molecule has 0 spiro atoms. The van der Waals surface area contributed by atoms with Crippen LogP contribution in [0.1, 0.15) is 44.2 Å². The summed E-state index contributed by atoms with van der Waals surface area (Å²) in [6.45, 7) is 7.26. The molecule has 0 radical (unpaired) electrons. The molecule has 1 aliphatic rings. The number of nitrogens with zero attached hydrogens (tertiary/aromatic N) is 1. The second-order valence-electron chi connectivity index (χ2n) is 8.34. The monoisotopic (exact) mass is 441 g/mol. The van der Waals surface area contributed by atoms with Crippen molar-refractivity contribution in [3.05, 3.63) is 47.5 Å². The number of fused-ring (bicyclic) bond motifs is 1. The van der Waals surface area contributed by atoms with E-state index in [2.05, 4.69) is 24.1 Å². The molecule has 0 saturated heterocycles. The number of aryl methyl sites for hydroxylation is 1. The topological polar surface area (TPSA) is 86.0 Å². The largest absolute Gasteiger partial charge is 0.493 e. The number of carbonyl (C=O) groups excluding carboxylic acids is 1. The van der Waals surface area contributed by atoms with Crippen molar-refractivity contribution in [3.8, 4) is 17.2 Å². The fraction of sp³-hybridized carbons (Fsp3) is 0.480. The number of methoxy groups -OCH3 is 2. The van der Waals surface area contributed by atoms with Crippen molar-refractivity contribution in [3.63, 3.8) is 0 Å². The van der Waals surface area contributed by atoms with Crippen LogP contribution in [-0.4, -0.2) is 44.8 Å². The van der Waals surface area contributed by atoms with E-state index < -0.39 is 11.6 Å². The fourth-order valence-electron chi connectivity index (χ4n) is 4.42. The molecule has 0 bridgehead atoms. The molecule has 7 nitrogen and oxygen atoms in total. The fourth-order valence-corrected chi connectivity index (χ4v) is 4.42. The van der Waals surface area contributed by atoms with E-state index in [0.29, 0.717) is 22.9 Å². The van der Waals surface area contributed by atoms with Crippen molar-refractivity contribution in [2.75, 3.05) is 39.2 Å². The highest BCUT2D eigenvalue weighted by atomic mass is 16.6. The van der Waals surface area contributed by atoms with Crippen LogP contribution >= 0.6 is 0 Å². The minimum Gasteiger partial charge on any atom is -0.493 e. The van der Waals surface area contributed by atoms with E-state index in [4.69, 9.17) is 19.9 Å². The predicted octanol–water partition coefficient (Wildman–Crippen LogP) is 4.54. The van der Waals surface area contributed by atoms with E-state index >= 15 is 0 Å². The van der Waals surface area contributed by atoms with Crippen molar-refractivity contribution < 1.29 is 19.0 Å². The molecular formula is C25H35N3O4. The van der Waals surface area contributed by atoms with Gasteiger partial charge in [0, 0.05) is 18.3 Å². The molecule has 1 amide bonds. The number of nitrogens with one attached hydrogen (secondary N) is 1. The quantitative estimate of drug-likeness (QED) is 0.563. The van der Waals surface area contributed by atoms with Crippen molar-refractivity contribution in [1.82, 2.24) is 4.90 Å². The maximum atomic E-state index is 12.5. The Morgan fingerprint density at radius 1 is 1.06 bits per heavy atom. The summed E-state index contributed by atoms with van der Waals surface area (Å²) in [5, 5.41) is 2.73. The van der Waals surface area contributed by atoms with Crippen molar-refractivity contribution in [1.29, 1.82) is 0 Å². The molecule has 1 atom stereocenters. The molecule has 7 heteroatoms. The maximum absolute atomic E-state index is 12.5. The summed E-state index contributed by atoms with van der Waals surface area (Å²) in [5.41, 5.74) is 9.32. The van der Waals surface area contributed by atoms with Crippen molar-refractivity contribution in [2.24, 2.45) is 5.73 Å². The lowest BCUT2D eigenvalue weighted by atomic mass is 9.92. The average molecular weight is 442 g/mol. The van der Waals surface area contributed by atoms with Gasteiger partial charge in [-0.25, -0.2) is 4.79 Å². The molecule has 0 saturated carbocycles. The summed E-state index contributed by atoms with van der Waals surface area (Å²) < 4.78 is 16.1. The summed E-state index contributed by atoms with van der Waals surface area (Å²) in [7, 11) is 3.11. The summed E-state index contributed by atoms with van der Waals surface area (Å²) in [5.74, 6) is 1.60. The summed E-state index contributed by atoms with van der Waals surface area (Å²) in [6.07, 6.45) is 3.46. The molecule has 0 heterocycles. The third-order valence-electron chi connectivity index (χ3n) is 5.88. The van der Waals surface area contributed by atoms with Crippen LogP contribution < -0.4 is 25.3 Å². The Labute approximate surface area is 190 Å². The molecule has 32 heavy (non-hydrogen) atoms. The van der Waals surface area contributed by atoms with Crippen molar-refractivity contribution in [2.45, 2.75) is 45.1 Å². The lowest BCUT2D eigenvalue weighted by Crippen LogP contribution is -2.46. The number of rotatable bonds is 10. The van der Waals surface area contributed by atoms with Crippen LogP contribution in [0.2, 0.25) is 0 Å². The number of nitrogens with two attached hydrogens (primary N) is 1. The molecule has 0 aromatic heterocycles. The highest BCUT2D eigenvalue weighted by molar-refractivity contribution is 5.86. The molecule has 174 valence electrons. The average Bonchev–Trinajstić information content (AvgIpc) is 3.09. The van der Waals surface area contributed by atoms with Crippen LogP contribution in [0.15, 0.2) is 36.4 Å². The van der Waals surface area contributed by atoms with E-state index in [1.54, 1.807) is 32.4 Å². The van der Waals surface area contributed by atoms with Gasteiger partial charge in [-0.15, -0.1) is 0 Å². The van der Waals surface area contributed by atoms with Crippen LogP contribution in [-0.2, 0) is 12.0 Å². The van der Waals surface area contributed by atoms with Gasteiger partial charge in [0.2, 0.25) is 0 Å². The molecule has 1 aliphatic carbocycles. The van der Waals surface area contributed by atoms with Gasteiger partial charge in [-0.1, -0.05) is 19.9 Å². The van der Waals surface area contributed by atoms with E-state index in [1.165, 1.54) is 5.56 Å².